The molecule has 0 saturated carbocycles. The van der Waals surface area contributed by atoms with Gasteiger partial charge in [-0.1, -0.05) is 53.7 Å². The van der Waals surface area contributed by atoms with Crippen molar-refractivity contribution < 1.29 is 17.7 Å². The third-order valence-electron chi connectivity index (χ3n) is 7.54. The van der Waals surface area contributed by atoms with Crippen LogP contribution in [0, 0.1) is 6.92 Å². The molecule has 6 rings (SSSR count). The van der Waals surface area contributed by atoms with Gasteiger partial charge in [-0.05, 0) is 54.0 Å². The number of rotatable bonds is 8. The minimum Gasteiger partial charge on any atom is -0.360 e. The van der Waals surface area contributed by atoms with Crippen LogP contribution < -0.4 is 5.14 Å². The first-order valence-electron chi connectivity index (χ1n) is 13.7. The van der Waals surface area contributed by atoms with E-state index < -0.39 is 10.0 Å². The van der Waals surface area contributed by atoms with Gasteiger partial charge in [-0.15, -0.1) is 22.7 Å². The van der Waals surface area contributed by atoms with E-state index in [-0.39, 0.29) is 17.6 Å². The van der Waals surface area contributed by atoms with Gasteiger partial charge in [-0.25, -0.2) is 18.5 Å². The van der Waals surface area contributed by atoms with Crippen molar-refractivity contribution in [2.24, 2.45) is 5.14 Å². The molecule has 8 nitrogen and oxygen atoms in total. The maximum atomic E-state index is 12.8. The Morgan fingerprint density at radius 3 is 2.55 bits per heavy atom. The zero-order chi connectivity index (χ0) is 29.3. The summed E-state index contributed by atoms with van der Waals surface area (Å²) in [6, 6.07) is 19.4. The summed E-state index contributed by atoms with van der Waals surface area (Å²) < 4.78 is 29.5. The molecule has 2 aromatic carbocycles. The van der Waals surface area contributed by atoms with Crippen molar-refractivity contribution in [3.05, 3.63) is 92.6 Å². The summed E-state index contributed by atoms with van der Waals surface area (Å²) in [5.41, 5.74) is 5.36. The minimum absolute atomic E-state index is 0.180. The molecule has 0 aliphatic carbocycles. The number of nitrogens with two attached hydrogens (primary N) is 1. The second-order valence-electron chi connectivity index (χ2n) is 10.5. The number of hydrogen-bond acceptors (Lipinski definition) is 8. The first-order valence-corrected chi connectivity index (χ1v) is 17.1. The average Bonchev–Trinajstić information content (AvgIpc) is 3.74. The quantitative estimate of drug-likeness (QED) is 0.220. The van der Waals surface area contributed by atoms with Crippen LogP contribution >= 0.6 is 22.7 Å². The van der Waals surface area contributed by atoms with Crippen molar-refractivity contribution in [3.63, 3.8) is 0 Å². The number of carbonyl (C=O) groups excluding carboxylic acids is 1. The lowest BCUT2D eigenvalue weighted by molar-refractivity contribution is -0.131. The molecule has 0 radical (unpaired) electrons. The van der Waals surface area contributed by atoms with Crippen molar-refractivity contribution in [1.29, 1.82) is 0 Å². The first kappa shape index (κ1) is 28.5. The summed E-state index contributed by atoms with van der Waals surface area (Å²) in [6.07, 6.45) is 2.20. The number of carbonyl (C=O) groups is 1. The first-order chi connectivity index (χ1) is 20.2. The summed E-state index contributed by atoms with van der Waals surface area (Å²) in [5, 5.41) is 14.9. The van der Waals surface area contributed by atoms with Crippen LogP contribution in [0.25, 0.3) is 33.6 Å². The minimum atomic E-state index is -3.72. The van der Waals surface area contributed by atoms with Crippen LogP contribution in [0.2, 0.25) is 0 Å². The summed E-state index contributed by atoms with van der Waals surface area (Å²) in [6.45, 7) is 3.30. The van der Waals surface area contributed by atoms with Crippen LogP contribution in [0.15, 0.2) is 75.9 Å². The second-order valence-corrected chi connectivity index (χ2v) is 14.0. The highest BCUT2D eigenvalue weighted by Crippen LogP contribution is 2.41. The molecular weight excluding hydrogens is 589 g/mol. The van der Waals surface area contributed by atoms with Crippen LogP contribution in [-0.4, -0.2) is 42.5 Å². The predicted molar refractivity (Wildman–Crippen MR) is 167 cm³/mol. The van der Waals surface area contributed by atoms with Gasteiger partial charge in [-0.3, -0.25) is 4.79 Å². The maximum Gasteiger partial charge on any atom is 0.227 e. The molecule has 42 heavy (non-hydrogen) atoms. The number of primary sulfonamides is 1. The van der Waals surface area contributed by atoms with Gasteiger partial charge < -0.3 is 9.42 Å². The summed E-state index contributed by atoms with van der Waals surface area (Å²) in [7, 11) is -3.72. The molecule has 4 heterocycles. The zero-order valence-corrected chi connectivity index (χ0v) is 25.5. The highest BCUT2D eigenvalue weighted by atomic mass is 32.2. The number of amides is 1. The van der Waals surface area contributed by atoms with Gasteiger partial charge in [-0.2, -0.15) is 0 Å². The van der Waals surface area contributed by atoms with Gasteiger partial charge >= 0.3 is 0 Å². The molecule has 0 unspecified atom stereocenters. The van der Waals surface area contributed by atoms with Gasteiger partial charge in [0.2, 0.25) is 15.9 Å². The molecule has 3 aromatic heterocycles. The molecule has 1 aliphatic rings. The molecule has 0 bridgehead atoms. The van der Waals surface area contributed by atoms with E-state index in [1.54, 1.807) is 28.7 Å². The lowest BCUT2D eigenvalue weighted by Gasteiger charge is -2.31. The standard InChI is InChI=1S/C31H30N4O4S3/c1-20-29(27-18-41-31(33-27)23-11-13-35(14-12-23)28(36)17-24-8-5-15-40-24)30(34-39-20)26-16-21(19-42(32,37)38)9-10-25(26)22-6-3-2-4-7-22/h2-10,15-16,18,23H,11-14,17,19H2,1H3,(H2,32,37,38). The molecule has 216 valence electrons. The fourth-order valence-corrected chi connectivity index (χ4v) is 7.80. The molecule has 5 aromatic rings. The lowest BCUT2D eigenvalue weighted by Crippen LogP contribution is -2.38. The van der Waals surface area contributed by atoms with Gasteiger partial charge in [0.1, 0.15) is 11.5 Å². The third kappa shape index (κ3) is 6.24. The van der Waals surface area contributed by atoms with E-state index in [4.69, 9.17) is 14.6 Å². The van der Waals surface area contributed by atoms with E-state index >= 15 is 0 Å². The third-order valence-corrected chi connectivity index (χ3v) is 10.2. The molecule has 0 spiro atoms. The topological polar surface area (TPSA) is 119 Å². The number of sulfonamides is 1. The Balaban J connectivity index is 1.28. The average molecular weight is 619 g/mol. The van der Waals surface area contributed by atoms with Crippen molar-refractivity contribution in [2.75, 3.05) is 13.1 Å². The Hall–Kier alpha value is -3.64. The van der Waals surface area contributed by atoms with Crippen molar-refractivity contribution >= 4 is 38.6 Å². The number of thiazole rings is 1. The van der Waals surface area contributed by atoms with E-state index in [1.807, 2.05) is 77.2 Å². The molecule has 0 atom stereocenters. The molecule has 11 heteroatoms. The molecule has 1 aliphatic heterocycles. The predicted octanol–water partition coefficient (Wildman–Crippen LogP) is 6.24. The van der Waals surface area contributed by atoms with Crippen molar-refractivity contribution in [2.45, 2.75) is 37.9 Å². The van der Waals surface area contributed by atoms with Crippen molar-refractivity contribution in [3.8, 4) is 33.6 Å². The van der Waals surface area contributed by atoms with Crippen molar-refractivity contribution in [1.82, 2.24) is 15.0 Å². The van der Waals surface area contributed by atoms with E-state index in [1.165, 1.54) is 0 Å². The Morgan fingerprint density at radius 1 is 1.05 bits per heavy atom. The fraction of sp³-hybridized carbons (Fsp3) is 0.258. The van der Waals surface area contributed by atoms with E-state index in [0.717, 1.165) is 63.8 Å². The second kappa shape index (κ2) is 11.9. The molecule has 2 N–H and O–H groups in total. The SMILES string of the molecule is Cc1onc(-c2cc(CS(N)(=O)=O)ccc2-c2ccccc2)c1-c1csc(C2CCN(C(=O)Cc3cccs3)CC2)n1. The summed E-state index contributed by atoms with van der Waals surface area (Å²) in [5.74, 6) is 0.804. The highest BCUT2D eigenvalue weighted by Gasteiger charge is 2.28. The van der Waals surface area contributed by atoms with E-state index in [2.05, 4.69) is 5.16 Å². The lowest BCUT2D eigenvalue weighted by atomic mass is 9.93. The number of aryl methyl sites for hydroxylation is 1. The normalized spacial score (nSPS) is 14.4. The number of benzene rings is 2. The number of nitrogens with zero attached hydrogens (tertiary/aromatic N) is 3. The summed E-state index contributed by atoms with van der Waals surface area (Å²) >= 11 is 3.23. The van der Waals surface area contributed by atoms with Gasteiger partial charge in [0.15, 0.2) is 0 Å². The number of thiophene rings is 1. The van der Waals surface area contributed by atoms with E-state index in [0.29, 0.717) is 23.4 Å². The largest absolute Gasteiger partial charge is 0.360 e. The Kier molecular flexibility index (Phi) is 8.09. The number of piperidine rings is 1. The fourth-order valence-electron chi connectivity index (χ4n) is 5.48. The van der Waals surface area contributed by atoms with E-state index in [9.17, 15) is 13.2 Å². The molecular formula is C31H30N4O4S3. The smallest absolute Gasteiger partial charge is 0.227 e. The Bertz CT molecular complexity index is 1800. The van der Waals surface area contributed by atoms with Crippen LogP contribution in [0.4, 0.5) is 0 Å². The Morgan fingerprint density at radius 2 is 1.83 bits per heavy atom. The molecule has 1 saturated heterocycles. The molecule has 1 fully saturated rings. The van der Waals surface area contributed by atoms with Gasteiger partial charge in [0, 0.05) is 34.8 Å². The summed E-state index contributed by atoms with van der Waals surface area (Å²) in [4.78, 5) is 20.9. The van der Waals surface area contributed by atoms with Crippen LogP contribution in [0.1, 0.15) is 40.0 Å². The monoisotopic (exact) mass is 618 g/mol. The number of aromatic nitrogens is 2. The van der Waals surface area contributed by atoms with Gasteiger partial charge in [0.05, 0.1) is 28.4 Å². The van der Waals surface area contributed by atoms with Gasteiger partial charge in [0.25, 0.3) is 0 Å². The maximum absolute atomic E-state index is 12.8. The zero-order valence-electron chi connectivity index (χ0n) is 23.0. The number of hydrogen-bond donors (Lipinski definition) is 1. The van der Waals surface area contributed by atoms with Crippen LogP contribution in [0.5, 0.6) is 0 Å². The van der Waals surface area contributed by atoms with Crippen LogP contribution in [-0.2, 0) is 27.0 Å². The molecule has 1 amide bonds. The number of likely N-dealkylation sites (tertiary alicyclic amines) is 1. The highest BCUT2D eigenvalue weighted by molar-refractivity contribution is 7.88. The Labute approximate surface area is 252 Å². The van der Waals surface area contributed by atoms with Crippen LogP contribution in [0.3, 0.4) is 0 Å².